The Kier molecular flexibility index (Phi) is 5.69. The van der Waals surface area contributed by atoms with Crippen LogP contribution in [0.4, 0.5) is 0 Å². The maximum Gasteiger partial charge on any atom is 0.0402 e. The maximum absolute atomic E-state index is 7.57. The third kappa shape index (κ3) is 3.65. The highest BCUT2D eigenvalue weighted by Gasteiger charge is 2.15. The summed E-state index contributed by atoms with van der Waals surface area (Å²) < 4.78 is 0. The number of hydrogen-bond acceptors (Lipinski definition) is 1. The molecule has 29 heavy (non-hydrogen) atoms. The summed E-state index contributed by atoms with van der Waals surface area (Å²) in [6, 6.07) is 39.0. The predicted octanol–water partition coefficient (Wildman–Crippen LogP) is 7.33. The van der Waals surface area contributed by atoms with E-state index in [0.717, 1.165) is 0 Å². The molecule has 0 heterocycles. The Bertz CT molecular complexity index is 1070. The first kappa shape index (κ1) is 18.9. The molecule has 0 unspecified atom stereocenters. The normalized spacial score (nSPS) is 10.6. The Morgan fingerprint density at radius 2 is 0.690 bits per heavy atom. The second kappa shape index (κ2) is 8.72. The molecule has 0 spiro atoms. The van der Waals surface area contributed by atoms with Crippen LogP contribution in [0.25, 0.3) is 43.8 Å². The van der Waals surface area contributed by atoms with Crippen LogP contribution >= 0.6 is 0 Å². The third-order valence-electron chi connectivity index (χ3n) is 5.06. The number of hydrogen-bond donors (Lipinski definition) is 1. The number of rotatable bonds is 2. The van der Waals surface area contributed by atoms with Crippen molar-refractivity contribution in [2.24, 2.45) is 0 Å². The summed E-state index contributed by atoms with van der Waals surface area (Å²) in [6.07, 6.45) is 0. The molecule has 0 aliphatic rings. The van der Waals surface area contributed by atoms with Crippen LogP contribution in [0.3, 0.4) is 0 Å². The lowest BCUT2D eigenvalue weighted by atomic mass is 9.86. The monoisotopic (exact) mass is 376 g/mol. The zero-order chi connectivity index (χ0) is 20.1. The molecule has 142 valence electrons. The van der Waals surface area contributed by atoms with E-state index in [0.29, 0.717) is 0 Å². The van der Waals surface area contributed by atoms with Gasteiger partial charge in [-0.15, -0.1) is 0 Å². The number of benzene rings is 5. The van der Waals surface area contributed by atoms with Crippen molar-refractivity contribution < 1.29 is 5.11 Å². The minimum absolute atomic E-state index is 0.250. The first-order valence-electron chi connectivity index (χ1n) is 10.00. The van der Waals surface area contributed by atoms with Gasteiger partial charge in [-0.05, 0) is 50.7 Å². The molecule has 1 nitrogen and oxygen atoms in total. The maximum atomic E-state index is 7.57. The van der Waals surface area contributed by atoms with Gasteiger partial charge in [0.1, 0.15) is 0 Å². The summed E-state index contributed by atoms with van der Waals surface area (Å²) in [5.74, 6) is 0. The number of aliphatic hydroxyl groups is 1. The Labute approximate surface area is 171 Å². The van der Waals surface area contributed by atoms with Crippen LogP contribution in [-0.4, -0.2) is 11.7 Å². The highest BCUT2D eigenvalue weighted by atomic mass is 16.2. The zero-order valence-corrected chi connectivity index (χ0v) is 16.5. The third-order valence-corrected chi connectivity index (χ3v) is 5.06. The minimum Gasteiger partial charge on any atom is -0.397 e. The Hall–Kier alpha value is -3.42. The highest BCUT2D eigenvalue weighted by molar-refractivity contribution is 6.21. The molecular weight excluding hydrogens is 352 g/mol. The van der Waals surface area contributed by atoms with E-state index in [1.54, 1.807) is 6.92 Å². The summed E-state index contributed by atoms with van der Waals surface area (Å²) in [4.78, 5) is 0. The Morgan fingerprint density at radius 1 is 0.448 bits per heavy atom. The van der Waals surface area contributed by atoms with Crippen LogP contribution in [0.1, 0.15) is 6.92 Å². The van der Waals surface area contributed by atoms with Crippen molar-refractivity contribution >= 4 is 21.5 Å². The van der Waals surface area contributed by atoms with Gasteiger partial charge >= 0.3 is 0 Å². The molecule has 5 rings (SSSR count). The average Bonchev–Trinajstić information content (AvgIpc) is 2.79. The Morgan fingerprint density at radius 3 is 0.966 bits per heavy atom. The molecule has 0 aliphatic carbocycles. The second-order valence-electron chi connectivity index (χ2n) is 6.89. The minimum atomic E-state index is 0.250. The molecule has 0 aromatic heterocycles. The van der Waals surface area contributed by atoms with Crippen LogP contribution in [0.5, 0.6) is 0 Å². The van der Waals surface area contributed by atoms with Gasteiger partial charge in [-0.1, -0.05) is 109 Å². The summed E-state index contributed by atoms with van der Waals surface area (Å²) in [5.41, 5.74) is 5.16. The molecule has 5 aromatic carbocycles. The van der Waals surface area contributed by atoms with Gasteiger partial charge in [-0.25, -0.2) is 0 Å². The lowest BCUT2D eigenvalue weighted by Crippen LogP contribution is -1.90. The van der Waals surface area contributed by atoms with E-state index in [1.807, 2.05) is 0 Å². The molecular formula is C28H24O. The lowest BCUT2D eigenvalue weighted by molar-refractivity contribution is 0.318. The van der Waals surface area contributed by atoms with E-state index in [-0.39, 0.29) is 6.61 Å². The van der Waals surface area contributed by atoms with Crippen molar-refractivity contribution in [3.05, 3.63) is 109 Å². The van der Waals surface area contributed by atoms with Crippen LogP contribution in [-0.2, 0) is 0 Å². The number of fused-ring (bicyclic) bond motifs is 2. The van der Waals surface area contributed by atoms with Crippen molar-refractivity contribution in [2.75, 3.05) is 6.61 Å². The standard InChI is InChI=1S/C26H18.C2H6O/c1-3-11-19(12-4-1)25-21-15-7-9-17-23(21)26(20-13-5-2-6-14-20)24-18-10-8-16-22(24)25;1-2-3/h1-18H;3H,2H2,1H3. The second-order valence-corrected chi connectivity index (χ2v) is 6.89. The first-order chi connectivity index (χ1) is 14.3. The number of aliphatic hydroxyl groups excluding tert-OH is 1. The Balaban J connectivity index is 0.000000645. The van der Waals surface area contributed by atoms with E-state index >= 15 is 0 Å². The fraction of sp³-hybridized carbons (Fsp3) is 0.0714. The molecule has 0 radical (unpaired) electrons. The van der Waals surface area contributed by atoms with Crippen LogP contribution in [0.2, 0.25) is 0 Å². The quantitative estimate of drug-likeness (QED) is 0.320. The predicted molar refractivity (Wildman–Crippen MR) is 125 cm³/mol. The fourth-order valence-corrected chi connectivity index (χ4v) is 3.96. The lowest BCUT2D eigenvalue weighted by Gasteiger charge is -2.17. The van der Waals surface area contributed by atoms with Crippen LogP contribution < -0.4 is 0 Å². The van der Waals surface area contributed by atoms with Crippen molar-refractivity contribution in [3.8, 4) is 22.3 Å². The molecule has 0 saturated carbocycles. The SMILES string of the molecule is CCO.c1ccc(-c2c3ccccc3c(-c3ccccc3)c3ccccc23)cc1. The van der Waals surface area contributed by atoms with E-state index in [1.165, 1.54) is 43.8 Å². The van der Waals surface area contributed by atoms with Crippen molar-refractivity contribution in [1.82, 2.24) is 0 Å². The molecule has 1 heteroatoms. The van der Waals surface area contributed by atoms with Gasteiger partial charge < -0.3 is 5.11 Å². The first-order valence-corrected chi connectivity index (χ1v) is 10.00. The van der Waals surface area contributed by atoms with Gasteiger partial charge in [0.2, 0.25) is 0 Å². The molecule has 0 saturated heterocycles. The molecule has 0 bridgehead atoms. The van der Waals surface area contributed by atoms with E-state index in [4.69, 9.17) is 5.11 Å². The average molecular weight is 376 g/mol. The highest BCUT2D eigenvalue weighted by Crippen LogP contribution is 2.43. The molecule has 5 aromatic rings. The smallest absolute Gasteiger partial charge is 0.0402 e. The summed E-state index contributed by atoms with van der Waals surface area (Å²) in [6.45, 7) is 1.93. The van der Waals surface area contributed by atoms with Crippen molar-refractivity contribution in [2.45, 2.75) is 6.92 Å². The van der Waals surface area contributed by atoms with E-state index in [2.05, 4.69) is 109 Å². The molecule has 0 fully saturated rings. The van der Waals surface area contributed by atoms with Crippen LogP contribution in [0, 0.1) is 0 Å². The molecule has 1 N–H and O–H groups in total. The van der Waals surface area contributed by atoms with Gasteiger partial charge in [-0.3, -0.25) is 0 Å². The van der Waals surface area contributed by atoms with Gasteiger partial charge in [0.15, 0.2) is 0 Å². The summed E-state index contributed by atoms with van der Waals surface area (Å²) >= 11 is 0. The molecule has 0 amide bonds. The zero-order valence-electron chi connectivity index (χ0n) is 16.5. The topological polar surface area (TPSA) is 20.2 Å². The molecule has 0 atom stereocenters. The molecule has 0 aliphatic heterocycles. The largest absolute Gasteiger partial charge is 0.397 e. The van der Waals surface area contributed by atoms with Crippen LogP contribution in [0.15, 0.2) is 109 Å². The van der Waals surface area contributed by atoms with E-state index in [9.17, 15) is 0 Å². The van der Waals surface area contributed by atoms with Gasteiger partial charge in [0.25, 0.3) is 0 Å². The fourth-order valence-electron chi connectivity index (χ4n) is 3.96. The summed E-state index contributed by atoms with van der Waals surface area (Å²) in [7, 11) is 0. The van der Waals surface area contributed by atoms with Crippen molar-refractivity contribution in [3.63, 3.8) is 0 Å². The summed E-state index contributed by atoms with van der Waals surface area (Å²) in [5, 5.41) is 12.8. The van der Waals surface area contributed by atoms with E-state index < -0.39 is 0 Å². The van der Waals surface area contributed by atoms with Gasteiger partial charge in [0.05, 0.1) is 0 Å². The van der Waals surface area contributed by atoms with Gasteiger partial charge in [0, 0.05) is 6.61 Å². The van der Waals surface area contributed by atoms with Gasteiger partial charge in [-0.2, -0.15) is 0 Å². The van der Waals surface area contributed by atoms with Crippen molar-refractivity contribution in [1.29, 1.82) is 0 Å².